The fourth-order valence-corrected chi connectivity index (χ4v) is 3.13. The van der Waals surface area contributed by atoms with Gasteiger partial charge in [-0.15, -0.1) is 11.3 Å². The molecule has 3 amide bonds. The first-order valence-electron chi connectivity index (χ1n) is 6.83. The fraction of sp³-hybridized carbons (Fsp3) is 0.500. The zero-order chi connectivity index (χ0) is 15.6. The topological polar surface area (TPSA) is 74.3 Å². The molecule has 1 atom stereocenters. The minimum Gasteiger partial charge on any atom is -0.341 e. The summed E-state index contributed by atoms with van der Waals surface area (Å²) in [5.74, 6) is -0.0605. The molecule has 114 valence electrons. The van der Waals surface area contributed by atoms with Crippen LogP contribution in [0, 0.1) is 6.92 Å². The van der Waals surface area contributed by atoms with Crippen molar-refractivity contribution >= 4 is 23.3 Å². The quantitative estimate of drug-likeness (QED) is 0.883. The molecule has 0 bridgehead atoms. The second kappa shape index (κ2) is 6.26. The van der Waals surface area contributed by atoms with Crippen molar-refractivity contribution in [3.05, 3.63) is 27.4 Å². The predicted octanol–water partition coefficient (Wildman–Crippen LogP) is 1.43. The van der Waals surface area contributed by atoms with E-state index in [-0.39, 0.29) is 18.0 Å². The molecule has 0 aromatic carbocycles. The van der Waals surface area contributed by atoms with Crippen LogP contribution in [0.4, 0.5) is 4.79 Å². The number of allylic oxidation sites excluding steroid dienone is 1. The molecule has 1 aromatic heterocycles. The van der Waals surface area contributed by atoms with Gasteiger partial charge in [-0.2, -0.15) is 0 Å². The lowest BCUT2D eigenvalue weighted by Crippen LogP contribution is -2.50. The predicted molar refractivity (Wildman–Crippen MR) is 82.0 cm³/mol. The van der Waals surface area contributed by atoms with Crippen LogP contribution in [0.2, 0.25) is 0 Å². The van der Waals surface area contributed by atoms with Crippen LogP contribution in [0.3, 0.4) is 0 Å². The summed E-state index contributed by atoms with van der Waals surface area (Å²) >= 11 is 1.61. The molecular weight excluding hydrogens is 288 g/mol. The number of carbonyl (C=O) groups is 2. The molecule has 0 spiro atoms. The van der Waals surface area contributed by atoms with Gasteiger partial charge in [0.15, 0.2) is 0 Å². The van der Waals surface area contributed by atoms with Crippen LogP contribution in [0.1, 0.15) is 24.4 Å². The monoisotopic (exact) mass is 308 g/mol. The van der Waals surface area contributed by atoms with Gasteiger partial charge in [-0.3, -0.25) is 4.79 Å². The Bertz CT molecular complexity index is 594. The first-order chi connectivity index (χ1) is 9.90. The number of aryl methyl sites for hydroxylation is 1. The lowest BCUT2D eigenvalue weighted by atomic mass is 10.0. The van der Waals surface area contributed by atoms with Gasteiger partial charge in [-0.1, -0.05) is 0 Å². The number of amides is 3. The molecule has 0 aliphatic carbocycles. The van der Waals surface area contributed by atoms with Gasteiger partial charge in [-0.25, -0.2) is 9.78 Å². The zero-order valence-electron chi connectivity index (χ0n) is 12.7. The maximum atomic E-state index is 12.5. The van der Waals surface area contributed by atoms with Gasteiger partial charge in [0.05, 0.1) is 22.8 Å². The van der Waals surface area contributed by atoms with Gasteiger partial charge < -0.3 is 15.5 Å². The van der Waals surface area contributed by atoms with Crippen LogP contribution in [-0.2, 0) is 11.2 Å². The normalized spacial score (nSPS) is 18.3. The number of carbonyl (C=O) groups excluding carboxylic acids is 2. The maximum Gasteiger partial charge on any atom is 0.319 e. The minimum atomic E-state index is -0.279. The molecule has 0 saturated carbocycles. The largest absolute Gasteiger partial charge is 0.341 e. The Morgan fingerprint density at radius 3 is 2.76 bits per heavy atom. The molecule has 1 aromatic rings. The van der Waals surface area contributed by atoms with Crippen molar-refractivity contribution in [2.75, 3.05) is 13.6 Å². The van der Waals surface area contributed by atoms with E-state index in [1.807, 2.05) is 19.4 Å². The van der Waals surface area contributed by atoms with Crippen molar-refractivity contribution in [3.63, 3.8) is 0 Å². The second-order valence-corrected chi connectivity index (χ2v) is 6.14. The van der Waals surface area contributed by atoms with E-state index in [0.717, 1.165) is 12.1 Å². The number of thiazole rings is 1. The van der Waals surface area contributed by atoms with Gasteiger partial charge in [-0.05, 0) is 20.8 Å². The summed E-state index contributed by atoms with van der Waals surface area (Å²) in [5, 5.41) is 5.36. The van der Waals surface area contributed by atoms with Crippen LogP contribution < -0.4 is 10.6 Å². The van der Waals surface area contributed by atoms with Crippen LogP contribution in [0.15, 0.2) is 16.8 Å². The van der Waals surface area contributed by atoms with Gasteiger partial charge in [0.1, 0.15) is 0 Å². The van der Waals surface area contributed by atoms with Crippen LogP contribution >= 0.6 is 11.3 Å². The van der Waals surface area contributed by atoms with E-state index in [0.29, 0.717) is 17.8 Å². The molecule has 2 rings (SSSR count). The Balaban J connectivity index is 2.03. The molecule has 6 nitrogen and oxygen atoms in total. The van der Waals surface area contributed by atoms with Crippen LogP contribution in [-0.4, -0.2) is 41.5 Å². The lowest BCUT2D eigenvalue weighted by molar-refractivity contribution is -0.126. The number of rotatable bonds is 4. The van der Waals surface area contributed by atoms with E-state index >= 15 is 0 Å². The van der Waals surface area contributed by atoms with Crippen molar-refractivity contribution in [1.82, 2.24) is 20.5 Å². The molecule has 21 heavy (non-hydrogen) atoms. The summed E-state index contributed by atoms with van der Waals surface area (Å²) in [5.41, 5.74) is 4.08. The summed E-state index contributed by atoms with van der Waals surface area (Å²) in [7, 11) is 1.78. The smallest absolute Gasteiger partial charge is 0.319 e. The molecule has 2 N–H and O–H groups in total. The number of hydrogen-bond acceptors (Lipinski definition) is 4. The Hall–Kier alpha value is -1.89. The Kier molecular flexibility index (Phi) is 4.62. The molecule has 0 saturated heterocycles. The number of nitrogens with one attached hydrogen (secondary N) is 2. The average Bonchev–Trinajstić information content (AvgIpc) is 2.80. The highest BCUT2D eigenvalue weighted by atomic mass is 32.1. The number of aromatic nitrogens is 1. The Morgan fingerprint density at radius 1 is 1.48 bits per heavy atom. The van der Waals surface area contributed by atoms with Gasteiger partial charge in [0.25, 0.3) is 5.91 Å². The lowest BCUT2D eigenvalue weighted by Gasteiger charge is -2.28. The van der Waals surface area contributed by atoms with E-state index in [2.05, 4.69) is 15.6 Å². The zero-order valence-corrected chi connectivity index (χ0v) is 13.5. The molecule has 0 fully saturated rings. The van der Waals surface area contributed by atoms with Gasteiger partial charge in [0, 0.05) is 30.6 Å². The number of urea groups is 1. The first kappa shape index (κ1) is 15.5. The van der Waals surface area contributed by atoms with Crippen molar-refractivity contribution in [2.45, 2.75) is 33.2 Å². The van der Waals surface area contributed by atoms with Crippen molar-refractivity contribution in [2.24, 2.45) is 0 Å². The maximum absolute atomic E-state index is 12.5. The van der Waals surface area contributed by atoms with Gasteiger partial charge in [0.2, 0.25) is 0 Å². The van der Waals surface area contributed by atoms with Crippen molar-refractivity contribution in [1.29, 1.82) is 0 Å². The average molecular weight is 308 g/mol. The number of nitrogens with zero attached hydrogens (tertiary/aromatic N) is 2. The van der Waals surface area contributed by atoms with E-state index in [1.165, 1.54) is 4.88 Å². The highest BCUT2D eigenvalue weighted by Gasteiger charge is 2.28. The fourth-order valence-electron chi connectivity index (χ4n) is 2.36. The molecule has 1 unspecified atom stereocenters. The minimum absolute atomic E-state index is 0.0605. The first-order valence-corrected chi connectivity index (χ1v) is 7.70. The third-order valence-electron chi connectivity index (χ3n) is 3.58. The van der Waals surface area contributed by atoms with E-state index < -0.39 is 0 Å². The molecule has 1 aliphatic heterocycles. The SMILES string of the molecule is CC1=C(C(=O)N(C)CCc2scnc2C)C(C)NC(=O)N1. The summed E-state index contributed by atoms with van der Waals surface area (Å²) in [6.45, 7) is 6.17. The standard InChI is InChI=1S/C14H20N4O2S/c1-8-11(21-7-15-8)5-6-18(4)13(19)12-9(2)16-14(20)17-10(12)3/h7,9H,5-6H2,1-4H3,(H2,16,17,20). The van der Waals surface area contributed by atoms with Gasteiger partial charge >= 0.3 is 6.03 Å². The molecular formula is C14H20N4O2S. The second-order valence-electron chi connectivity index (χ2n) is 5.20. The van der Waals surface area contributed by atoms with E-state index in [4.69, 9.17) is 0 Å². The molecule has 0 radical (unpaired) electrons. The van der Waals surface area contributed by atoms with Crippen LogP contribution in [0.5, 0.6) is 0 Å². The summed E-state index contributed by atoms with van der Waals surface area (Å²) < 4.78 is 0. The number of hydrogen-bond donors (Lipinski definition) is 2. The highest BCUT2D eigenvalue weighted by molar-refractivity contribution is 7.09. The van der Waals surface area contributed by atoms with Crippen molar-refractivity contribution < 1.29 is 9.59 Å². The summed E-state index contributed by atoms with van der Waals surface area (Å²) in [6.07, 6.45) is 0.791. The molecule has 7 heteroatoms. The Morgan fingerprint density at radius 2 is 2.19 bits per heavy atom. The van der Waals surface area contributed by atoms with Crippen LogP contribution in [0.25, 0.3) is 0 Å². The molecule has 2 heterocycles. The Labute approximate surface area is 128 Å². The number of likely N-dealkylation sites (N-methyl/N-ethyl adjacent to an activating group) is 1. The summed E-state index contributed by atoms with van der Waals surface area (Å²) in [4.78, 5) is 31.0. The van der Waals surface area contributed by atoms with E-state index in [1.54, 1.807) is 30.2 Å². The molecule has 1 aliphatic rings. The van der Waals surface area contributed by atoms with Crippen molar-refractivity contribution in [3.8, 4) is 0 Å². The third-order valence-corrected chi connectivity index (χ3v) is 4.58. The summed E-state index contributed by atoms with van der Waals surface area (Å²) in [6, 6.07) is -0.543. The van der Waals surface area contributed by atoms with E-state index in [9.17, 15) is 9.59 Å². The third kappa shape index (κ3) is 3.41. The highest BCUT2D eigenvalue weighted by Crippen LogP contribution is 2.16.